The van der Waals surface area contributed by atoms with Gasteiger partial charge in [0.1, 0.15) is 0 Å². The molecule has 2 saturated carbocycles. The number of benzene rings is 2. The van der Waals surface area contributed by atoms with Crippen LogP contribution in [-0.2, 0) is 32.6 Å². The van der Waals surface area contributed by atoms with Crippen LogP contribution in [0.5, 0.6) is 0 Å². The van der Waals surface area contributed by atoms with Crippen molar-refractivity contribution in [3.05, 3.63) is 84.0 Å². The first-order chi connectivity index (χ1) is 15.4. The molecule has 4 aliphatic carbocycles. The second-order valence-corrected chi connectivity index (χ2v) is 11.7. The Kier molecular flexibility index (Phi) is 16.7. The Balaban J connectivity index is 0.000000264. The van der Waals surface area contributed by atoms with Gasteiger partial charge in [0, 0.05) is 9.52 Å². The molecule has 1 radical (unpaired) electrons. The Morgan fingerprint density at radius 1 is 0.735 bits per heavy atom. The molecule has 0 spiro atoms. The van der Waals surface area contributed by atoms with Crippen molar-refractivity contribution >= 4 is 9.52 Å². The molecule has 0 N–H and O–H groups in total. The van der Waals surface area contributed by atoms with Gasteiger partial charge in [-0.1, -0.05) is 99.6 Å². The van der Waals surface area contributed by atoms with Crippen molar-refractivity contribution in [1.82, 2.24) is 0 Å². The van der Waals surface area contributed by atoms with Gasteiger partial charge in [-0.15, -0.1) is 12.0 Å². The van der Waals surface area contributed by atoms with E-state index in [-0.39, 0.29) is 51.0 Å². The van der Waals surface area contributed by atoms with E-state index >= 15 is 0 Å². The van der Waals surface area contributed by atoms with Gasteiger partial charge in [-0.3, -0.25) is 6.08 Å². The van der Waals surface area contributed by atoms with Gasteiger partial charge in [0.2, 0.25) is 0 Å². The Morgan fingerprint density at radius 3 is 1.91 bits per heavy atom. The molecule has 2 aromatic rings. The van der Waals surface area contributed by atoms with Crippen LogP contribution >= 0.6 is 0 Å². The molecule has 34 heavy (non-hydrogen) atoms. The van der Waals surface area contributed by atoms with Crippen LogP contribution in [0.2, 0.25) is 11.1 Å². The number of fused-ring (bicyclic) bond motifs is 3. The first kappa shape index (κ1) is 31.6. The zero-order chi connectivity index (χ0) is 21.1. The molecule has 4 aliphatic rings. The average Bonchev–Trinajstić information content (AvgIpc) is 3.53. The van der Waals surface area contributed by atoms with E-state index in [1.807, 2.05) is 18.2 Å². The summed E-state index contributed by atoms with van der Waals surface area (Å²) in [7, 11) is 0.825. The molecule has 0 aromatic heterocycles. The third-order valence-corrected chi connectivity index (χ3v) is 9.47. The number of hydrogen-bond acceptors (Lipinski definition) is 0. The molecular weight excluding hydrogens is 551 g/mol. The van der Waals surface area contributed by atoms with Crippen LogP contribution in [-0.4, -0.2) is 9.52 Å². The van der Waals surface area contributed by atoms with Gasteiger partial charge in [0.15, 0.2) is 0 Å². The van der Waals surface area contributed by atoms with E-state index in [0.29, 0.717) is 0 Å². The summed E-state index contributed by atoms with van der Waals surface area (Å²) in [5.41, 5.74) is 7.92. The van der Waals surface area contributed by atoms with E-state index < -0.39 is 0 Å². The molecule has 2 fully saturated rings. The number of allylic oxidation sites excluding steroid dienone is 4. The van der Waals surface area contributed by atoms with Crippen LogP contribution in [0.15, 0.2) is 60.7 Å². The largest absolute Gasteiger partial charge is 4.00 e. The molecule has 0 atom stereocenters. The third-order valence-electron chi connectivity index (χ3n) is 7.05. The summed E-state index contributed by atoms with van der Waals surface area (Å²) in [6.45, 7) is 0. The van der Waals surface area contributed by atoms with Gasteiger partial charge in [0.25, 0.3) is 0 Å². The van der Waals surface area contributed by atoms with Crippen molar-refractivity contribution < 1.29 is 51.0 Å². The molecule has 6 rings (SSSR count). The van der Waals surface area contributed by atoms with Crippen LogP contribution < -0.4 is 24.8 Å². The van der Waals surface area contributed by atoms with Crippen molar-refractivity contribution in [3.63, 3.8) is 0 Å². The maximum atomic E-state index is 3.30. The van der Waals surface area contributed by atoms with E-state index in [2.05, 4.69) is 54.6 Å². The minimum atomic E-state index is 0. The zero-order valence-corrected chi connectivity index (χ0v) is 25.4. The Bertz CT molecular complexity index is 798. The van der Waals surface area contributed by atoms with Gasteiger partial charge >= 0.3 is 26.2 Å². The molecule has 0 saturated heterocycles. The van der Waals surface area contributed by atoms with Crippen LogP contribution in [0.3, 0.4) is 0 Å². The van der Waals surface area contributed by atoms with Gasteiger partial charge in [0.05, 0.1) is 0 Å². The van der Waals surface area contributed by atoms with Crippen LogP contribution in [0.25, 0.3) is 11.1 Å². The minimum Gasteiger partial charge on any atom is -1.00 e. The molecule has 0 nitrogen and oxygen atoms in total. The molecule has 0 heterocycles. The van der Waals surface area contributed by atoms with Gasteiger partial charge < -0.3 is 24.8 Å². The maximum absolute atomic E-state index is 3.30. The normalized spacial score (nSPS) is 17.9. The molecule has 0 amide bonds. The smallest absolute Gasteiger partial charge is 1.00 e. The van der Waals surface area contributed by atoms with Gasteiger partial charge in [-0.25, -0.2) is 12.2 Å². The SMILES string of the molecule is C1CCC([SiH]C2CCCCC2)CC1.[C-]1=CC=CC1.[Cl-].[Cl-].[Zr+4].[c-]1cccc2c1Cc1ccccc1-2. The molecule has 179 valence electrons. The molecule has 2 aromatic carbocycles. The van der Waals surface area contributed by atoms with E-state index in [1.54, 1.807) is 51.4 Å². The summed E-state index contributed by atoms with van der Waals surface area (Å²) in [4.78, 5) is 0. The summed E-state index contributed by atoms with van der Waals surface area (Å²) in [6.07, 6.45) is 26.6. The van der Waals surface area contributed by atoms with E-state index in [4.69, 9.17) is 0 Å². The monoisotopic (exact) mass is 585 g/mol. The minimum absolute atomic E-state index is 0. The van der Waals surface area contributed by atoms with Crippen molar-refractivity contribution in [2.24, 2.45) is 0 Å². The third kappa shape index (κ3) is 9.93. The Morgan fingerprint density at radius 2 is 1.35 bits per heavy atom. The second kappa shape index (κ2) is 17.9. The summed E-state index contributed by atoms with van der Waals surface area (Å²) < 4.78 is 0. The molecule has 0 unspecified atom stereocenters. The Hall–Kier alpha value is -0.400. The fraction of sp³-hybridized carbons (Fsp3) is 0.467. The predicted octanol–water partition coefficient (Wildman–Crippen LogP) is 2.30. The zero-order valence-electron chi connectivity index (χ0n) is 20.2. The van der Waals surface area contributed by atoms with Crippen molar-refractivity contribution in [1.29, 1.82) is 0 Å². The molecule has 0 bridgehead atoms. The molecule has 4 heteroatoms. The van der Waals surface area contributed by atoms with Crippen molar-refractivity contribution in [2.75, 3.05) is 0 Å². The van der Waals surface area contributed by atoms with Crippen molar-refractivity contribution in [3.8, 4) is 11.1 Å². The maximum Gasteiger partial charge on any atom is 4.00 e. The number of hydrogen-bond donors (Lipinski definition) is 0. The number of rotatable bonds is 2. The summed E-state index contributed by atoms with van der Waals surface area (Å²) >= 11 is 0. The topological polar surface area (TPSA) is 0 Å². The van der Waals surface area contributed by atoms with E-state index in [1.165, 1.54) is 46.2 Å². The van der Waals surface area contributed by atoms with Crippen LogP contribution in [0.4, 0.5) is 0 Å². The molecule has 0 aliphatic heterocycles. The first-order valence-electron chi connectivity index (χ1n) is 12.5. The van der Waals surface area contributed by atoms with Gasteiger partial charge in [-0.05, 0) is 17.5 Å². The first-order valence-corrected chi connectivity index (χ1v) is 13.9. The second-order valence-electron chi connectivity index (χ2n) is 9.39. The summed E-state index contributed by atoms with van der Waals surface area (Å²) in [5, 5.41) is 0. The average molecular weight is 588 g/mol. The summed E-state index contributed by atoms with van der Waals surface area (Å²) in [5.74, 6) is 0. The standard InChI is InChI=1S/C13H9.C12H23Si.C5H5.2ClH.Zr/c1-3-7-12-10(5-1)9-11-6-2-4-8-13(11)12;1-3-7-11(8-4-1)13-12-9-5-2-6-10-12;1-2-4-5-3-1;;;/h1-5,7-8H,9H2;11-13H,1-10H2;1-3H,4H2;2*1H;/q-1;;-1;;;+4/p-2. The van der Waals surface area contributed by atoms with Crippen LogP contribution in [0.1, 0.15) is 81.8 Å². The predicted molar refractivity (Wildman–Crippen MR) is 136 cm³/mol. The van der Waals surface area contributed by atoms with E-state index in [0.717, 1.165) is 22.4 Å². The summed E-state index contributed by atoms with van der Waals surface area (Å²) in [6, 6.07) is 18.1. The van der Waals surface area contributed by atoms with Gasteiger partial charge in [-0.2, -0.15) is 35.9 Å². The Labute approximate surface area is 242 Å². The molecular formula is C30H37Cl2SiZr. The number of halogens is 2. The fourth-order valence-electron chi connectivity index (χ4n) is 5.38. The van der Waals surface area contributed by atoms with Crippen molar-refractivity contribution in [2.45, 2.75) is 88.1 Å². The van der Waals surface area contributed by atoms with E-state index in [9.17, 15) is 0 Å². The van der Waals surface area contributed by atoms with Crippen LogP contribution in [0, 0.1) is 12.1 Å². The quantitative estimate of drug-likeness (QED) is 0.319. The fourth-order valence-corrected chi connectivity index (χ4v) is 7.86.